The van der Waals surface area contributed by atoms with Crippen LogP contribution < -0.4 is 5.73 Å². The van der Waals surface area contributed by atoms with Crippen LogP contribution in [-0.2, 0) is 0 Å². The van der Waals surface area contributed by atoms with Gasteiger partial charge in [-0.25, -0.2) is 8.78 Å². The minimum Gasteiger partial charge on any atom is -0.365 e. The molecule has 0 unspecified atom stereocenters. The zero-order chi connectivity index (χ0) is 9.30. The van der Waals surface area contributed by atoms with Crippen LogP contribution in [0.25, 0.3) is 0 Å². The predicted molar refractivity (Wildman–Crippen MR) is 39.9 cm³/mol. The van der Waals surface area contributed by atoms with E-state index in [-0.39, 0.29) is 5.02 Å². The van der Waals surface area contributed by atoms with Crippen LogP contribution in [0.15, 0.2) is 12.1 Å². The molecule has 1 amide bonds. The molecule has 0 spiro atoms. The lowest BCUT2D eigenvalue weighted by Gasteiger charge is -2.00. The Labute approximate surface area is 71.9 Å². The molecule has 2 nitrogen and oxygen atoms in total. The van der Waals surface area contributed by atoms with Gasteiger partial charge in [0, 0.05) is 0 Å². The summed E-state index contributed by atoms with van der Waals surface area (Å²) in [5, 5.41) is -0.193. The molecule has 64 valence electrons. The van der Waals surface area contributed by atoms with Gasteiger partial charge in [0.25, 0.3) is 5.91 Å². The van der Waals surface area contributed by atoms with Crippen molar-refractivity contribution >= 4 is 17.5 Å². The first kappa shape index (κ1) is 8.93. The van der Waals surface area contributed by atoms with Crippen LogP contribution in [0.3, 0.4) is 0 Å². The van der Waals surface area contributed by atoms with Crippen molar-refractivity contribution in [2.45, 2.75) is 0 Å². The molecule has 1 aromatic rings. The Morgan fingerprint density at radius 3 is 2.42 bits per heavy atom. The lowest BCUT2D eigenvalue weighted by molar-refractivity contribution is 0.0995. The van der Waals surface area contributed by atoms with Gasteiger partial charge in [-0.15, -0.1) is 0 Å². The smallest absolute Gasteiger partial charge is 0.253 e. The van der Waals surface area contributed by atoms with Crippen LogP contribution in [0.4, 0.5) is 8.78 Å². The van der Waals surface area contributed by atoms with Crippen molar-refractivity contribution in [1.82, 2.24) is 0 Å². The summed E-state index contributed by atoms with van der Waals surface area (Å²) in [6.45, 7) is 0. The standard InChI is InChI=1S/C7H4ClF2NO/c8-3-1-2-4(9)6(10)5(3)7(11)12/h1-2H,(H2,11,12). The number of rotatable bonds is 1. The Balaban J connectivity index is 3.43. The van der Waals surface area contributed by atoms with Crippen molar-refractivity contribution in [1.29, 1.82) is 0 Å². The van der Waals surface area contributed by atoms with Gasteiger partial charge in [0.15, 0.2) is 11.6 Å². The Bertz CT molecular complexity index is 340. The number of halogens is 3. The molecule has 1 aromatic carbocycles. The van der Waals surface area contributed by atoms with E-state index >= 15 is 0 Å². The molecular formula is C7H4ClF2NO. The molecular weight excluding hydrogens is 188 g/mol. The number of hydrogen-bond acceptors (Lipinski definition) is 1. The highest BCUT2D eigenvalue weighted by atomic mass is 35.5. The van der Waals surface area contributed by atoms with Gasteiger partial charge in [0.1, 0.15) is 0 Å². The quantitative estimate of drug-likeness (QED) is 0.675. The lowest BCUT2D eigenvalue weighted by atomic mass is 10.2. The second-order valence-electron chi connectivity index (χ2n) is 2.08. The summed E-state index contributed by atoms with van der Waals surface area (Å²) in [5.41, 5.74) is 4.14. The first-order valence-electron chi connectivity index (χ1n) is 2.97. The fourth-order valence-corrected chi connectivity index (χ4v) is 0.992. The summed E-state index contributed by atoms with van der Waals surface area (Å²) >= 11 is 5.39. The Morgan fingerprint density at radius 2 is 2.00 bits per heavy atom. The van der Waals surface area contributed by atoms with E-state index in [4.69, 9.17) is 17.3 Å². The highest BCUT2D eigenvalue weighted by molar-refractivity contribution is 6.33. The first-order chi connectivity index (χ1) is 5.54. The average molecular weight is 192 g/mol. The summed E-state index contributed by atoms with van der Waals surface area (Å²) in [6.07, 6.45) is 0. The number of carbonyl (C=O) groups excluding carboxylic acids is 1. The predicted octanol–water partition coefficient (Wildman–Crippen LogP) is 1.72. The number of carbonyl (C=O) groups is 1. The third kappa shape index (κ3) is 1.38. The van der Waals surface area contributed by atoms with Crippen LogP contribution in [0, 0.1) is 11.6 Å². The molecule has 0 saturated carbocycles. The number of primary amides is 1. The minimum absolute atomic E-state index is 0.193. The maximum Gasteiger partial charge on any atom is 0.253 e. The Morgan fingerprint density at radius 1 is 1.42 bits per heavy atom. The first-order valence-corrected chi connectivity index (χ1v) is 3.35. The van der Waals surface area contributed by atoms with Gasteiger partial charge in [0.05, 0.1) is 10.6 Å². The largest absolute Gasteiger partial charge is 0.365 e. The highest BCUT2D eigenvalue weighted by Crippen LogP contribution is 2.20. The molecule has 0 aliphatic carbocycles. The van der Waals surface area contributed by atoms with Crippen molar-refractivity contribution in [3.8, 4) is 0 Å². The maximum absolute atomic E-state index is 12.8. The zero-order valence-corrected chi connectivity index (χ0v) is 6.53. The number of benzene rings is 1. The molecule has 2 N–H and O–H groups in total. The second-order valence-corrected chi connectivity index (χ2v) is 2.49. The van der Waals surface area contributed by atoms with Crippen molar-refractivity contribution in [2.24, 2.45) is 5.73 Å². The summed E-state index contributed by atoms with van der Waals surface area (Å²) in [4.78, 5) is 10.5. The van der Waals surface area contributed by atoms with E-state index in [1.165, 1.54) is 0 Å². The normalized spacial score (nSPS) is 9.92. The molecule has 0 fully saturated rings. The van der Waals surface area contributed by atoms with E-state index in [1.807, 2.05) is 0 Å². The van der Waals surface area contributed by atoms with Gasteiger partial charge < -0.3 is 5.73 Å². The van der Waals surface area contributed by atoms with E-state index in [9.17, 15) is 13.6 Å². The number of hydrogen-bond donors (Lipinski definition) is 1. The molecule has 1 rings (SSSR count). The molecule has 12 heavy (non-hydrogen) atoms. The zero-order valence-electron chi connectivity index (χ0n) is 5.77. The monoisotopic (exact) mass is 191 g/mol. The minimum atomic E-state index is -1.31. The summed E-state index contributed by atoms with van der Waals surface area (Å²) in [7, 11) is 0. The third-order valence-corrected chi connectivity index (χ3v) is 1.61. The van der Waals surface area contributed by atoms with Crippen molar-refractivity contribution in [3.05, 3.63) is 34.4 Å². The van der Waals surface area contributed by atoms with Crippen LogP contribution in [-0.4, -0.2) is 5.91 Å². The topological polar surface area (TPSA) is 43.1 Å². The van der Waals surface area contributed by atoms with Gasteiger partial charge in [-0.05, 0) is 12.1 Å². The molecule has 0 saturated heterocycles. The van der Waals surface area contributed by atoms with Crippen molar-refractivity contribution < 1.29 is 13.6 Å². The van der Waals surface area contributed by atoms with Gasteiger partial charge >= 0.3 is 0 Å². The molecule has 0 atom stereocenters. The van der Waals surface area contributed by atoms with Gasteiger partial charge in [-0.2, -0.15) is 0 Å². The van der Waals surface area contributed by atoms with Crippen molar-refractivity contribution in [3.63, 3.8) is 0 Å². The van der Waals surface area contributed by atoms with Crippen LogP contribution in [0.1, 0.15) is 10.4 Å². The number of amides is 1. The van der Waals surface area contributed by atoms with Crippen LogP contribution in [0.5, 0.6) is 0 Å². The Kier molecular flexibility index (Phi) is 2.28. The van der Waals surface area contributed by atoms with E-state index in [0.717, 1.165) is 12.1 Å². The molecule has 0 aliphatic rings. The van der Waals surface area contributed by atoms with Crippen molar-refractivity contribution in [2.75, 3.05) is 0 Å². The molecule has 0 aliphatic heterocycles. The van der Waals surface area contributed by atoms with Gasteiger partial charge in [-0.3, -0.25) is 4.79 Å². The SMILES string of the molecule is NC(=O)c1c(Cl)ccc(F)c1F. The molecule has 5 heteroatoms. The van der Waals surface area contributed by atoms with E-state index in [1.54, 1.807) is 0 Å². The van der Waals surface area contributed by atoms with Crippen LogP contribution >= 0.6 is 11.6 Å². The maximum atomic E-state index is 12.8. The average Bonchev–Trinajstić information content (AvgIpc) is 1.97. The molecule has 0 radical (unpaired) electrons. The second kappa shape index (κ2) is 3.06. The van der Waals surface area contributed by atoms with Gasteiger partial charge in [-0.1, -0.05) is 11.6 Å². The van der Waals surface area contributed by atoms with E-state index in [2.05, 4.69) is 0 Å². The molecule has 0 heterocycles. The Hall–Kier alpha value is -1.16. The summed E-state index contributed by atoms with van der Waals surface area (Å²) in [5.74, 6) is -3.54. The fraction of sp³-hybridized carbons (Fsp3) is 0. The van der Waals surface area contributed by atoms with E-state index < -0.39 is 23.1 Å². The summed E-state index contributed by atoms with van der Waals surface area (Å²) in [6, 6.07) is 1.89. The van der Waals surface area contributed by atoms with E-state index in [0.29, 0.717) is 0 Å². The molecule has 0 bridgehead atoms. The molecule has 0 aromatic heterocycles. The third-order valence-electron chi connectivity index (χ3n) is 1.29. The highest BCUT2D eigenvalue weighted by Gasteiger charge is 2.16. The fourth-order valence-electron chi connectivity index (χ4n) is 0.753. The number of nitrogens with two attached hydrogens (primary N) is 1. The van der Waals surface area contributed by atoms with Crippen LogP contribution in [0.2, 0.25) is 5.02 Å². The van der Waals surface area contributed by atoms with Gasteiger partial charge in [0.2, 0.25) is 0 Å². The lowest BCUT2D eigenvalue weighted by Crippen LogP contribution is -2.14. The summed E-state index contributed by atoms with van der Waals surface area (Å²) < 4.78 is 25.2.